The van der Waals surface area contributed by atoms with Crippen molar-refractivity contribution in [3.8, 4) is 0 Å². The minimum absolute atomic E-state index is 0. The van der Waals surface area contributed by atoms with Crippen molar-refractivity contribution in [1.29, 1.82) is 0 Å². The molecule has 74 valence electrons. The molecule has 0 atom stereocenters. The topological polar surface area (TPSA) is 0 Å². The molecular weight excluding hydrogens is 168 g/mol. The Bertz CT molecular complexity index is 371. The molecule has 1 aromatic carbocycles. The first kappa shape index (κ1) is 9.51. The number of benzene rings is 1. The van der Waals surface area contributed by atoms with Crippen LogP contribution in [0.15, 0.2) is 29.8 Å². The highest BCUT2D eigenvalue weighted by Crippen LogP contribution is 2.40. The van der Waals surface area contributed by atoms with E-state index in [0.29, 0.717) is 0 Å². The van der Waals surface area contributed by atoms with Crippen molar-refractivity contribution >= 4 is 5.57 Å². The van der Waals surface area contributed by atoms with Crippen molar-refractivity contribution in [2.24, 2.45) is 0 Å². The van der Waals surface area contributed by atoms with Crippen molar-refractivity contribution in [1.82, 2.24) is 0 Å². The van der Waals surface area contributed by atoms with Gasteiger partial charge in [0.05, 0.1) is 0 Å². The van der Waals surface area contributed by atoms with Crippen LogP contribution < -0.4 is 0 Å². The Morgan fingerprint density at radius 3 is 2.64 bits per heavy atom. The smallest absolute Gasteiger partial charge is 0.00550 e. The van der Waals surface area contributed by atoms with Crippen LogP contribution in [0, 0.1) is 0 Å². The zero-order valence-corrected chi connectivity index (χ0v) is 7.84. The molecule has 0 spiro atoms. The van der Waals surface area contributed by atoms with Gasteiger partial charge in [0.1, 0.15) is 0 Å². The summed E-state index contributed by atoms with van der Waals surface area (Å²) in [5, 5.41) is 0. The van der Waals surface area contributed by atoms with Crippen molar-refractivity contribution < 1.29 is 0 Å². The summed E-state index contributed by atoms with van der Waals surface area (Å²) in [5.74, 6) is 0. The van der Waals surface area contributed by atoms with Crippen LogP contribution in [0.4, 0.5) is 0 Å². The van der Waals surface area contributed by atoms with Crippen molar-refractivity contribution in [3.05, 3.63) is 41.0 Å². The molecule has 0 saturated heterocycles. The Balaban J connectivity index is 0.000000750. The highest BCUT2D eigenvalue weighted by molar-refractivity contribution is 5.76. The normalized spacial score (nSPS) is 18.6. The van der Waals surface area contributed by atoms with Crippen molar-refractivity contribution in [2.75, 3.05) is 0 Å². The lowest BCUT2D eigenvalue weighted by Gasteiger charge is -2.13. The van der Waals surface area contributed by atoms with Crippen molar-refractivity contribution in [2.45, 2.75) is 39.5 Å². The number of hydrogen-bond acceptors (Lipinski definition) is 0. The average molecular weight is 186 g/mol. The molecule has 0 saturated carbocycles. The standard InChI is InChI=1S/C13H14.CH4/c1-3-7-12-10(5-1)9-11-6-2-4-8-13(11)12;/h1,3,5,7H,2,4,6,8-9H2;1H4. The van der Waals surface area contributed by atoms with Crippen LogP contribution in [0.3, 0.4) is 0 Å². The van der Waals surface area contributed by atoms with E-state index in [1.807, 2.05) is 0 Å². The molecule has 2 aliphatic carbocycles. The Hall–Kier alpha value is -1.04. The molecular formula is C14H18. The van der Waals surface area contributed by atoms with Gasteiger partial charge in [-0.15, -0.1) is 0 Å². The van der Waals surface area contributed by atoms with E-state index in [0.717, 1.165) is 0 Å². The lowest BCUT2D eigenvalue weighted by molar-refractivity contribution is 0.711. The number of allylic oxidation sites excluding steroid dienone is 2. The fraction of sp³-hybridized carbons (Fsp3) is 0.429. The summed E-state index contributed by atoms with van der Waals surface area (Å²) in [7, 11) is 0. The summed E-state index contributed by atoms with van der Waals surface area (Å²) in [6, 6.07) is 8.91. The van der Waals surface area contributed by atoms with E-state index in [1.54, 1.807) is 22.3 Å². The monoisotopic (exact) mass is 186 g/mol. The van der Waals surface area contributed by atoms with Gasteiger partial charge in [0.25, 0.3) is 0 Å². The number of fused-ring (bicyclic) bond motifs is 2. The fourth-order valence-electron chi connectivity index (χ4n) is 2.69. The molecule has 0 heterocycles. The van der Waals surface area contributed by atoms with Gasteiger partial charge in [0, 0.05) is 0 Å². The lowest BCUT2D eigenvalue weighted by Crippen LogP contribution is -1.93. The maximum atomic E-state index is 2.29. The summed E-state index contributed by atoms with van der Waals surface area (Å²) >= 11 is 0. The fourth-order valence-corrected chi connectivity index (χ4v) is 2.69. The van der Waals surface area contributed by atoms with E-state index >= 15 is 0 Å². The first-order chi connectivity index (χ1) is 6.45. The van der Waals surface area contributed by atoms with Crippen LogP contribution in [0.5, 0.6) is 0 Å². The second-order valence-electron chi connectivity index (χ2n) is 4.12. The summed E-state index contributed by atoms with van der Waals surface area (Å²) < 4.78 is 0. The molecule has 0 amide bonds. The van der Waals surface area contributed by atoms with Gasteiger partial charge in [-0.05, 0) is 48.8 Å². The summed E-state index contributed by atoms with van der Waals surface area (Å²) in [5.41, 5.74) is 6.53. The third kappa shape index (κ3) is 1.30. The molecule has 0 fully saturated rings. The third-order valence-electron chi connectivity index (χ3n) is 3.33. The SMILES string of the molecule is C.c1ccc2c(c1)CC1=C2CCCC1. The first-order valence-corrected chi connectivity index (χ1v) is 5.24. The van der Waals surface area contributed by atoms with E-state index in [-0.39, 0.29) is 7.43 Å². The maximum Gasteiger partial charge on any atom is -0.00550 e. The van der Waals surface area contributed by atoms with Crippen LogP contribution in [0.2, 0.25) is 0 Å². The summed E-state index contributed by atoms with van der Waals surface area (Å²) in [6.07, 6.45) is 6.72. The van der Waals surface area contributed by atoms with Gasteiger partial charge >= 0.3 is 0 Å². The van der Waals surface area contributed by atoms with E-state index in [4.69, 9.17) is 0 Å². The average Bonchev–Trinajstić information content (AvgIpc) is 2.56. The maximum absolute atomic E-state index is 2.29. The molecule has 1 aromatic rings. The Kier molecular flexibility index (Phi) is 2.45. The second-order valence-corrected chi connectivity index (χ2v) is 4.12. The largest absolute Gasteiger partial charge is 0.0776 e. The molecule has 14 heavy (non-hydrogen) atoms. The zero-order valence-electron chi connectivity index (χ0n) is 7.84. The van der Waals surface area contributed by atoms with E-state index in [9.17, 15) is 0 Å². The highest BCUT2D eigenvalue weighted by Gasteiger charge is 2.22. The molecule has 0 bridgehead atoms. The Labute approximate surface area is 86.7 Å². The highest BCUT2D eigenvalue weighted by atomic mass is 14.3. The van der Waals surface area contributed by atoms with E-state index < -0.39 is 0 Å². The van der Waals surface area contributed by atoms with Gasteiger partial charge in [-0.2, -0.15) is 0 Å². The Morgan fingerprint density at radius 1 is 0.929 bits per heavy atom. The molecule has 3 rings (SSSR count). The predicted molar refractivity (Wildman–Crippen MR) is 62.3 cm³/mol. The minimum Gasteiger partial charge on any atom is -0.0776 e. The third-order valence-corrected chi connectivity index (χ3v) is 3.33. The molecule has 0 radical (unpaired) electrons. The second kappa shape index (κ2) is 3.61. The van der Waals surface area contributed by atoms with Crippen LogP contribution in [-0.4, -0.2) is 0 Å². The summed E-state index contributed by atoms with van der Waals surface area (Å²) in [4.78, 5) is 0. The molecule has 2 aliphatic rings. The molecule has 0 nitrogen and oxygen atoms in total. The van der Waals surface area contributed by atoms with Gasteiger partial charge < -0.3 is 0 Å². The van der Waals surface area contributed by atoms with Crippen LogP contribution >= 0.6 is 0 Å². The van der Waals surface area contributed by atoms with Gasteiger partial charge in [-0.3, -0.25) is 0 Å². The molecule has 0 N–H and O–H groups in total. The van der Waals surface area contributed by atoms with Gasteiger partial charge in [0.2, 0.25) is 0 Å². The van der Waals surface area contributed by atoms with Crippen LogP contribution in [-0.2, 0) is 6.42 Å². The first-order valence-electron chi connectivity index (χ1n) is 5.24. The van der Waals surface area contributed by atoms with E-state index in [1.165, 1.54) is 32.1 Å². The molecule has 0 aromatic heterocycles. The predicted octanol–water partition coefficient (Wildman–Crippen LogP) is 4.21. The Morgan fingerprint density at radius 2 is 1.71 bits per heavy atom. The molecule has 0 unspecified atom stereocenters. The quantitative estimate of drug-likeness (QED) is 0.569. The van der Waals surface area contributed by atoms with Crippen LogP contribution in [0.1, 0.15) is 44.2 Å². The number of hydrogen-bond donors (Lipinski definition) is 0. The zero-order chi connectivity index (χ0) is 8.67. The van der Waals surface area contributed by atoms with Gasteiger partial charge in [-0.25, -0.2) is 0 Å². The van der Waals surface area contributed by atoms with Gasteiger partial charge in [0.15, 0.2) is 0 Å². The summed E-state index contributed by atoms with van der Waals surface area (Å²) in [6.45, 7) is 0. The lowest BCUT2D eigenvalue weighted by atomic mass is 9.92. The van der Waals surface area contributed by atoms with Gasteiger partial charge in [-0.1, -0.05) is 37.3 Å². The molecule has 0 heteroatoms. The van der Waals surface area contributed by atoms with Crippen molar-refractivity contribution in [3.63, 3.8) is 0 Å². The minimum atomic E-state index is 0. The van der Waals surface area contributed by atoms with Crippen LogP contribution in [0.25, 0.3) is 5.57 Å². The number of rotatable bonds is 0. The molecule has 0 aliphatic heterocycles. The van der Waals surface area contributed by atoms with E-state index in [2.05, 4.69) is 24.3 Å².